The Kier molecular flexibility index (Phi) is 8.12. The number of alkyl halides is 3. The van der Waals surface area contributed by atoms with Crippen LogP contribution in [0.4, 0.5) is 19.0 Å². The van der Waals surface area contributed by atoms with Crippen LogP contribution in [0.5, 0.6) is 0 Å². The Morgan fingerprint density at radius 1 is 0.949 bits per heavy atom. The van der Waals surface area contributed by atoms with Crippen LogP contribution in [0.1, 0.15) is 31.2 Å². The first-order valence-electron chi connectivity index (χ1n) is 13.2. The van der Waals surface area contributed by atoms with Gasteiger partial charge < -0.3 is 14.5 Å². The number of likely N-dealkylation sites (N-methyl/N-ethyl adjacent to an activating group) is 1. The first-order valence-corrected chi connectivity index (χ1v) is 13.2. The molecule has 1 spiro atoms. The lowest BCUT2D eigenvalue weighted by Gasteiger charge is -2.33. The molecule has 9 nitrogen and oxygen atoms in total. The molecule has 3 fully saturated rings. The van der Waals surface area contributed by atoms with E-state index in [-0.39, 0.29) is 0 Å². The van der Waals surface area contributed by atoms with Crippen LogP contribution in [0.3, 0.4) is 0 Å². The summed E-state index contributed by atoms with van der Waals surface area (Å²) in [5, 5.41) is 6.21. The van der Waals surface area contributed by atoms with Crippen molar-refractivity contribution in [2.75, 3.05) is 51.3 Å². The highest BCUT2D eigenvalue weighted by atomic mass is 19.4. The van der Waals surface area contributed by atoms with E-state index in [1.807, 2.05) is 12.1 Å². The molecule has 0 amide bonds. The van der Waals surface area contributed by atoms with Crippen LogP contribution in [0.2, 0.25) is 0 Å². The maximum absolute atomic E-state index is 13.0. The van der Waals surface area contributed by atoms with E-state index >= 15 is 0 Å². The van der Waals surface area contributed by atoms with Gasteiger partial charge >= 0.3 is 6.18 Å². The van der Waals surface area contributed by atoms with Crippen LogP contribution >= 0.6 is 0 Å². The number of hydrogen-bond donors (Lipinski definition) is 1. The molecule has 0 unspecified atom stereocenters. The Hall–Kier alpha value is -3.51. The number of aromatic amines is 1. The first kappa shape index (κ1) is 27.1. The molecule has 6 heterocycles. The molecule has 7 rings (SSSR count). The second-order valence-corrected chi connectivity index (χ2v) is 10.2. The Labute approximate surface area is 225 Å². The lowest BCUT2D eigenvalue weighted by atomic mass is 9.97. The normalized spacial score (nSPS) is 18.7. The van der Waals surface area contributed by atoms with Gasteiger partial charge in [-0.25, -0.2) is 15.0 Å². The first-order chi connectivity index (χ1) is 18.8. The summed E-state index contributed by atoms with van der Waals surface area (Å²) in [5.41, 5.74) is 0.918. The van der Waals surface area contributed by atoms with Gasteiger partial charge in [0.15, 0.2) is 5.82 Å². The van der Waals surface area contributed by atoms with E-state index in [1.165, 1.54) is 42.3 Å². The van der Waals surface area contributed by atoms with E-state index in [1.54, 1.807) is 18.6 Å². The van der Waals surface area contributed by atoms with Crippen molar-refractivity contribution in [1.29, 1.82) is 0 Å². The van der Waals surface area contributed by atoms with E-state index in [0.717, 1.165) is 62.9 Å². The number of ether oxygens (including phenoxy) is 1. The number of imidazole rings is 1. The molecule has 0 aromatic carbocycles. The van der Waals surface area contributed by atoms with E-state index in [2.05, 4.69) is 42.0 Å². The maximum Gasteiger partial charge on any atom is 0.417 e. The van der Waals surface area contributed by atoms with Crippen molar-refractivity contribution in [3.63, 3.8) is 0 Å². The van der Waals surface area contributed by atoms with Gasteiger partial charge in [-0.2, -0.15) is 18.3 Å². The molecule has 4 aromatic heterocycles. The van der Waals surface area contributed by atoms with Gasteiger partial charge in [0, 0.05) is 64.2 Å². The second-order valence-electron chi connectivity index (χ2n) is 10.2. The van der Waals surface area contributed by atoms with Crippen LogP contribution in [0, 0.1) is 5.41 Å². The number of nitrogens with zero attached hydrogens (tertiary/aromatic N) is 7. The third-order valence-electron chi connectivity index (χ3n) is 7.45. The van der Waals surface area contributed by atoms with Gasteiger partial charge in [0.1, 0.15) is 17.2 Å². The molecule has 2 aliphatic heterocycles. The number of hydrogen-bond acceptors (Lipinski definition) is 7. The fraction of sp³-hybridized carbons (Fsp3) is 0.481. The van der Waals surface area contributed by atoms with Crippen molar-refractivity contribution in [1.82, 2.24) is 34.4 Å². The van der Waals surface area contributed by atoms with Gasteiger partial charge in [-0.3, -0.25) is 9.50 Å². The van der Waals surface area contributed by atoms with Crippen LogP contribution in [-0.4, -0.2) is 80.9 Å². The topological polar surface area (TPSA) is 87.5 Å². The minimum Gasteiger partial charge on any atom is -0.381 e. The molecule has 39 heavy (non-hydrogen) atoms. The minimum atomic E-state index is -4.42. The standard InChI is InChI=1S/C17H17F3N6.C7H12O.C3H4N2/c1-24-6-8-25(9-7-24)15-4-5-21-16(23-15)13-10-22-14-3-2-12(11-26(13)14)17(18,19)20;1-2-7(1)3-5-8-6-4-7;1-2-4-5-3-1/h2-5,10-11H,6-9H2,1H3;1-6H2;1-3H,(H,4,5). The fourth-order valence-corrected chi connectivity index (χ4v) is 4.69. The van der Waals surface area contributed by atoms with Gasteiger partial charge in [0.25, 0.3) is 0 Å². The summed E-state index contributed by atoms with van der Waals surface area (Å²) in [7, 11) is 2.07. The summed E-state index contributed by atoms with van der Waals surface area (Å²) < 4.78 is 45.7. The quantitative estimate of drug-likeness (QED) is 0.398. The van der Waals surface area contributed by atoms with Gasteiger partial charge in [-0.15, -0.1) is 0 Å². The average Bonchev–Trinajstić information content (AvgIpc) is 3.33. The van der Waals surface area contributed by atoms with Crippen molar-refractivity contribution in [2.24, 2.45) is 5.41 Å². The number of halogens is 3. The number of piperazine rings is 1. The summed E-state index contributed by atoms with van der Waals surface area (Å²) in [6, 6.07) is 6.02. The number of rotatable bonds is 2. The average molecular weight is 543 g/mol. The lowest BCUT2D eigenvalue weighted by molar-refractivity contribution is -0.137. The molecule has 0 radical (unpaired) electrons. The van der Waals surface area contributed by atoms with Crippen molar-refractivity contribution in [3.8, 4) is 11.5 Å². The Morgan fingerprint density at radius 3 is 2.31 bits per heavy atom. The van der Waals surface area contributed by atoms with E-state index in [9.17, 15) is 13.2 Å². The highest BCUT2D eigenvalue weighted by molar-refractivity contribution is 5.59. The summed E-state index contributed by atoms with van der Waals surface area (Å²) in [6.07, 6.45) is 8.84. The number of anilines is 1. The van der Waals surface area contributed by atoms with Crippen molar-refractivity contribution in [2.45, 2.75) is 31.9 Å². The summed E-state index contributed by atoms with van der Waals surface area (Å²) in [4.78, 5) is 17.4. The number of aromatic nitrogens is 6. The zero-order valence-corrected chi connectivity index (χ0v) is 21.9. The maximum atomic E-state index is 13.0. The third kappa shape index (κ3) is 6.93. The van der Waals surface area contributed by atoms with Gasteiger partial charge in [-0.05, 0) is 62.4 Å². The molecule has 1 saturated carbocycles. The van der Waals surface area contributed by atoms with Crippen LogP contribution in [0.25, 0.3) is 17.2 Å². The number of H-pyrrole nitrogens is 1. The summed E-state index contributed by atoms with van der Waals surface area (Å²) >= 11 is 0. The highest BCUT2D eigenvalue weighted by Crippen LogP contribution is 2.53. The van der Waals surface area contributed by atoms with Crippen molar-refractivity contribution < 1.29 is 17.9 Å². The molecule has 12 heteroatoms. The molecule has 208 valence electrons. The Bertz CT molecular complexity index is 1300. The van der Waals surface area contributed by atoms with E-state index < -0.39 is 11.7 Å². The zero-order chi connectivity index (χ0) is 27.3. The van der Waals surface area contributed by atoms with Crippen molar-refractivity contribution >= 4 is 11.5 Å². The van der Waals surface area contributed by atoms with Crippen LogP contribution < -0.4 is 4.90 Å². The summed E-state index contributed by atoms with van der Waals surface area (Å²) in [5.74, 6) is 1.12. The van der Waals surface area contributed by atoms with E-state index in [4.69, 9.17) is 4.74 Å². The van der Waals surface area contributed by atoms with Gasteiger partial charge in [-0.1, -0.05) is 0 Å². The molecule has 1 N–H and O–H groups in total. The molecule has 2 saturated heterocycles. The largest absolute Gasteiger partial charge is 0.417 e. The number of pyridine rings is 1. The summed E-state index contributed by atoms with van der Waals surface area (Å²) in [6.45, 7) is 5.62. The molecule has 1 aliphatic carbocycles. The molecule has 3 aliphatic rings. The highest BCUT2D eigenvalue weighted by Gasteiger charge is 2.43. The Morgan fingerprint density at radius 2 is 1.72 bits per heavy atom. The minimum absolute atomic E-state index is 0.355. The SMILES string of the molecule is C1CC2(CCO1)CC2.CN1CCN(c2ccnc(-c3cnc4ccc(C(F)(F)F)cn34)n2)CC1.c1cn[nH]c1. The lowest BCUT2D eigenvalue weighted by Crippen LogP contribution is -2.44. The molecule has 0 bridgehead atoms. The molecular formula is C27H33F3N8O. The number of fused-ring (bicyclic) bond motifs is 1. The molecular weight excluding hydrogens is 509 g/mol. The zero-order valence-electron chi connectivity index (χ0n) is 21.9. The number of nitrogens with one attached hydrogen (secondary N) is 1. The van der Waals surface area contributed by atoms with Crippen LogP contribution in [-0.2, 0) is 10.9 Å². The second kappa shape index (κ2) is 11.7. The predicted molar refractivity (Wildman–Crippen MR) is 141 cm³/mol. The smallest absolute Gasteiger partial charge is 0.381 e. The Balaban J connectivity index is 0.000000191. The van der Waals surface area contributed by atoms with Crippen molar-refractivity contribution in [3.05, 3.63) is 60.8 Å². The van der Waals surface area contributed by atoms with E-state index in [0.29, 0.717) is 17.2 Å². The van der Waals surface area contributed by atoms with Gasteiger partial charge in [0.05, 0.1) is 11.8 Å². The van der Waals surface area contributed by atoms with Gasteiger partial charge in [0.2, 0.25) is 0 Å². The molecule has 4 aromatic rings. The fourth-order valence-electron chi connectivity index (χ4n) is 4.69. The third-order valence-corrected chi connectivity index (χ3v) is 7.45. The van der Waals surface area contributed by atoms with Crippen LogP contribution in [0.15, 0.2) is 55.2 Å². The predicted octanol–water partition coefficient (Wildman–Crippen LogP) is 4.55. The monoisotopic (exact) mass is 542 g/mol. The molecule has 0 atom stereocenters.